The SMILES string of the molecule is CC1(C)OB(C(=Cc2ccccc2C(F)(F)F)CNC(=O)OCc2ccccc2)OC1(C)C. The van der Waals surface area contributed by atoms with E-state index in [2.05, 4.69) is 5.32 Å². The molecule has 5 nitrogen and oxygen atoms in total. The molecule has 0 radical (unpaired) electrons. The highest BCUT2D eigenvalue weighted by atomic mass is 19.4. The summed E-state index contributed by atoms with van der Waals surface area (Å²) in [5.74, 6) is 0. The van der Waals surface area contributed by atoms with Crippen molar-refractivity contribution in [3.05, 3.63) is 76.8 Å². The van der Waals surface area contributed by atoms with Crippen molar-refractivity contribution in [2.75, 3.05) is 6.54 Å². The van der Waals surface area contributed by atoms with E-state index >= 15 is 0 Å². The Hall–Kier alpha value is -2.78. The van der Waals surface area contributed by atoms with Crippen LogP contribution in [0.4, 0.5) is 18.0 Å². The Labute approximate surface area is 192 Å². The van der Waals surface area contributed by atoms with Crippen molar-refractivity contribution in [2.45, 2.75) is 51.7 Å². The van der Waals surface area contributed by atoms with E-state index in [-0.39, 0.29) is 18.7 Å². The molecule has 0 atom stereocenters. The lowest BCUT2D eigenvalue weighted by Gasteiger charge is -2.32. The van der Waals surface area contributed by atoms with Gasteiger partial charge in [-0.05, 0) is 50.4 Å². The molecule has 1 aliphatic rings. The van der Waals surface area contributed by atoms with Crippen LogP contribution in [0.1, 0.15) is 44.4 Å². The van der Waals surface area contributed by atoms with Crippen molar-refractivity contribution >= 4 is 19.3 Å². The Morgan fingerprint density at radius 2 is 1.58 bits per heavy atom. The van der Waals surface area contributed by atoms with Gasteiger partial charge in [-0.15, -0.1) is 0 Å². The predicted molar refractivity (Wildman–Crippen MR) is 120 cm³/mol. The van der Waals surface area contributed by atoms with Crippen LogP contribution in [0.15, 0.2) is 60.1 Å². The van der Waals surface area contributed by atoms with Gasteiger partial charge in [0.25, 0.3) is 0 Å². The summed E-state index contributed by atoms with van der Waals surface area (Å²) in [5.41, 5.74) is -1.09. The van der Waals surface area contributed by atoms with Gasteiger partial charge in [-0.25, -0.2) is 4.79 Å². The Morgan fingerprint density at radius 1 is 1.00 bits per heavy atom. The Balaban J connectivity index is 1.81. The molecule has 176 valence electrons. The van der Waals surface area contributed by atoms with E-state index in [0.717, 1.165) is 11.6 Å². The molecular formula is C24H27BF3NO4. The van der Waals surface area contributed by atoms with Gasteiger partial charge < -0.3 is 19.4 Å². The third-order valence-corrected chi connectivity index (χ3v) is 5.81. The van der Waals surface area contributed by atoms with Crippen LogP contribution in [0, 0.1) is 0 Å². The van der Waals surface area contributed by atoms with Crippen LogP contribution in [-0.4, -0.2) is 31.0 Å². The normalized spacial score (nSPS) is 17.7. The number of hydrogen-bond acceptors (Lipinski definition) is 4. The van der Waals surface area contributed by atoms with Gasteiger partial charge in [-0.3, -0.25) is 0 Å². The van der Waals surface area contributed by atoms with E-state index in [1.807, 2.05) is 58.0 Å². The molecule has 0 aliphatic carbocycles. The molecule has 2 aromatic carbocycles. The molecule has 3 rings (SSSR count). The number of carbonyl (C=O) groups excluding carboxylic acids is 1. The average molecular weight is 461 g/mol. The molecule has 1 aliphatic heterocycles. The number of halogens is 3. The van der Waals surface area contributed by atoms with E-state index in [1.54, 1.807) is 0 Å². The highest BCUT2D eigenvalue weighted by Gasteiger charge is 2.52. The molecular weight excluding hydrogens is 434 g/mol. The van der Waals surface area contributed by atoms with Gasteiger partial charge in [0.05, 0.1) is 16.8 Å². The van der Waals surface area contributed by atoms with Crippen molar-refractivity contribution in [1.82, 2.24) is 5.32 Å². The van der Waals surface area contributed by atoms with Crippen molar-refractivity contribution in [3.8, 4) is 0 Å². The maximum absolute atomic E-state index is 13.5. The quantitative estimate of drug-likeness (QED) is 0.566. The van der Waals surface area contributed by atoms with Crippen LogP contribution < -0.4 is 5.32 Å². The van der Waals surface area contributed by atoms with E-state index in [9.17, 15) is 18.0 Å². The molecule has 33 heavy (non-hydrogen) atoms. The van der Waals surface area contributed by atoms with Crippen LogP contribution in [0.3, 0.4) is 0 Å². The van der Waals surface area contributed by atoms with E-state index in [1.165, 1.54) is 24.3 Å². The number of alkyl carbamates (subject to hydrolysis) is 1. The van der Waals surface area contributed by atoms with Gasteiger partial charge in [0.1, 0.15) is 6.61 Å². The monoisotopic (exact) mass is 461 g/mol. The average Bonchev–Trinajstić information content (AvgIpc) is 2.96. The first-order valence-electron chi connectivity index (χ1n) is 10.6. The molecule has 1 heterocycles. The smallest absolute Gasteiger partial charge is 0.445 e. The van der Waals surface area contributed by atoms with Crippen molar-refractivity contribution < 1.29 is 32.0 Å². The second-order valence-electron chi connectivity index (χ2n) is 8.81. The molecule has 1 amide bonds. The first-order valence-corrected chi connectivity index (χ1v) is 10.6. The fraction of sp³-hybridized carbons (Fsp3) is 0.375. The second kappa shape index (κ2) is 9.61. The predicted octanol–water partition coefficient (Wildman–Crippen LogP) is 5.65. The lowest BCUT2D eigenvalue weighted by Crippen LogP contribution is -2.41. The zero-order valence-corrected chi connectivity index (χ0v) is 19.0. The summed E-state index contributed by atoms with van der Waals surface area (Å²) >= 11 is 0. The van der Waals surface area contributed by atoms with E-state index < -0.39 is 36.2 Å². The molecule has 0 bridgehead atoms. The van der Waals surface area contributed by atoms with Crippen LogP contribution in [0.5, 0.6) is 0 Å². The fourth-order valence-corrected chi connectivity index (χ4v) is 3.23. The summed E-state index contributed by atoms with van der Waals surface area (Å²) in [6.45, 7) is 7.33. The van der Waals surface area contributed by atoms with Gasteiger partial charge in [0, 0.05) is 6.54 Å². The Kier molecular flexibility index (Phi) is 7.24. The number of rotatable bonds is 6. The largest absolute Gasteiger partial charge is 0.492 e. The zero-order valence-electron chi connectivity index (χ0n) is 19.0. The minimum absolute atomic E-state index is 0.0471. The molecule has 2 aromatic rings. The van der Waals surface area contributed by atoms with Gasteiger partial charge in [0.15, 0.2) is 0 Å². The molecule has 0 aromatic heterocycles. The van der Waals surface area contributed by atoms with E-state index in [0.29, 0.717) is 5.47 Å². The second-order valence-corrected chi connectivity index (χ2v) is 8.81. The maximum atomic E-state index is 13.5. The number of alkyl halides is 3. The van der Waals surface area contributed by atoms with Crippen molar-refractivity contribution in [3.63, 3.8) is 0 Å². The number of hydrogen-bond donors (Lipinski definition) is 1. The lowest BCUT2D eigenvalue weighted by atomic mass is 9.76. The van der Waals surface area contributed by atoms with Crippen LogP contribution >= 0.6 is 0 Å². The molecule has 0 spiro atoms. The third kappa shape index (κ3) is 6.18. The number of ether oxygens (including phenoxy) is 1. The topological polar surface area (TPSA) is 56.8 Å². The number of amides is 1. The van der Waals surface area contributed by atoms with Crippen molar-refractivity contribution in [2.24, 2.45) is 0 Å². The Bertz CT molecular complexity index is 990. The van der Waals surface area contributed by atoms with Crippen molar-refractivity contribution in [1.29, 1.82) is 0 Å². The first-order chi connectivity index (χ1) is 15.4. The van der Waals surface area contributed by atoms with Gasteiger partial charge in [-0.2, -0.15) is 13.2 Å². The summed E-state index contributed by atoms with van der Waals surface area (Å²) in [5, 5.41) is 2.59. The van der Waals surface area contributed by atoms with Crippen LogP contribution in [-0.2, 0) is 26.8 Å². The van der Waals surface area contributed by atoms with Crippen LogP contribution in [0.25, 0.3) is 6.08 Å². The standard InChI is InChI=1S/C24H27BF3NO4/c1-22(2)23(3,4)33-25(32-22)19(14-18-12-8-9-13-20(18)24(26,27)28)15-29-21(30)31-16-17-10-6-5-7-11-17/h5-14H,15-16H2,1-4H3,(H,29,30). The summed E-state index contributed by atoms with van der Waals surface area (Å²) in [7, 11) is -0.939. The minimum Gasteiger partial charge on any atom is -0.445 e. The number of benzene rings is 2. The molecule has 0 unspecified atom stereocenters. The summed E-state index contributed by atoms with van der Waals surface area (Å²) in [4.78, 5) is 12.2. The summed E-state index contributed by atoms with van der Waals surface area (Å²) in [6, 6.07) is 14.4. The van der Waals surface area contributed by atoms with E-state index in [4.69, 9.17) is 14.0 Å². The van der Waals surface area contributed by atoms with Crippen LogP contribution in [0.2, 0.25) is 0 Å². The molecule has 1 saturated heterocycles. The third-order valence-electron chi connectivity index (χ3n) is 5.81. The summed E-state index contributed by atoms with van der Waals surface area (Å²) in [6.07, 6.45) is -3.89. The Morgan fingerprint density at radius 3 is 2.18 bits per heavy atom. The first kappa shape index (κ1) is 24.9. The van der Waals surface area contributed by atoms with Gasteiger partial charge in [0.2, 0.25) is 0 Å². The zero-order chi connectivity index (χ0) is 24.3. The molecule has 1 N–H and O–H groups in total. The summed E-state index contributed by atoms with van der Waals surface area (Å²) < 4.78 is 57.8. The minimum atomic E-state index is -4.53. The highest BCUT2D eigenvalue weighted by molar-refractivity contribution is 6.56. The molecule has 1 fully saturated rings. The number of nitrogens with one attached hydrogen (secondary N) is 1. The highest BCUT2D eigenvalue weighted by Crippen LogP contribution is 2.39. The number of carbonyl (C=O) groups is 1. The molecule has 9 heteroatoms. The molecule has 0 saturated carbocycles. The fourth-order valence-electron chi connectivity index (χ4n) is 3.23. The maximum Gasteiger partial charge on any atom is 0.492 e. The lowest BCUT2D eigenvalue weighted by molar-refractivity contribution is -0.137. The van der Waals surface area contributed by atoms with Gasteiger partial charge in [-0.1, -0.05) is 54.6 Å². The van der Waals surface area contributed by atoms with Gasteiger partial charge >= 0.3 is 19.4 Å².